The monoisotopic (exact) mass is 380 g/mol. The molecule has 26 heavy (non-hydrogen) atoms. The molecular weight excluding hydrogens is 360 g/mol. The summed E-state index contributed by atoms with van der Waals surface area (Å²) in [4.78, 5) is 24.0. The molecule has 140 valence electrons. The SMILES string of the molecule is CN(C)S(=O)(=O)c1ccc(C(=O)NCC(C)(C(=O)O)c2ccccc2)o1. The predicted octanol–water partition coefficient (Wildman–Crippen LogP) is 1.30. The number of amides is 1. The maximum absolute atomic E-state index is 12.2. The van der Waals surface area contributed by atoms with E-state index in [1.54, 1.807) is 30.3 Å². The van der Waals surface area contributed by atoms with Crippen LogP contribution in [0.2, 0.25) is 0 Å². The van der Waals surface area contributed by atoms with E-state index in [0.717, 1.165) is 4.31 Å². The van der Waals surface area contributed by atoms with Gasteiger partial charge in [0.15, 0.2) is 5.76 Å². The Bertz CT molecular complexity index is 904. The summed E-state index contributed by atoms with van der Waals surface area (Å²) in [5.41, 5.74) is -0.815. The van der Waals surface area contributed by atoms with Gasteiger partial charge >= 0.3 is 5.97 Å². The summed E-state index contributed by atoms with van der Waals surface area (Å²) in [5, 5.41) is 11.7. The molecule has 2 N–H and O–H groups in total. The van der Waals surface area contributed by atoms with Crippen molar-refractivity contribution in [2.24, 2.45) is 0 Å². The highest BCUT2D eigenvalue weighted by molar-refractivity contribution is 7.88. The molecule has 0 fully saturated rings. The van der Waals surface area contributed by atoms with Gasteiger partial charge in [0, 0.05) is 20.6 Å². The van der Waals surface area contributed by atoms with Crippen LogP contribution in [0.1, 0.15) is 23.0 Å². The summed E-state index contributed by atoms with van der Waals surface area (Å²) in [7, 11) is -1.11. The van der Waals surface area contributed by atoms with E-state index < -0.39 is 27.3 Å². The Labute approximate surface area is 151 Å². The van der Waals surface area contributed by atoms with Crippen LogP contribution in [0.4, 0.5) is 0 Å². The van der Waals surface area contributed by atoms with Gasteiger partial charge in [0.1, 0.15) is 5.41 Å². The fraction of sp³-hybridized carbons (Fsp3) is 0.294. The quantitative estimate of drug-likeness (QED) is 0.748. The van der Waals surface area contributed by atoms with Crippen LogP contribution < -0.4 is 5.32 Å². The van der Waals surface area contributed by atoms with Gasteiger partial charge in [0.05, 0.1) is 0 Å². The normalized spacial score (nSPS) is 14.0. The number of nitrogens with zero attached hydrogens (tertiary/aromatic N) is 1. The van der Waals surface area contributed by atoms with E-state index in [0.29, 0.717) is 5.56 Å². The topological polar surface area (TPSA) is 117 Å². The number of carbonyl (C=O) groups is 2. The zero-order valence-corrected chi connectivity index (χ0v) is 15.4. The number of hydrogen-bond donors (Lipinski definition) is 2. The van der Waals surface area contributed by atoms with E-state index >= 15 is 0 Å². The van der Waals surface area contributed by atoms with Crippen molar-refractivity contribution in [1.29, 1.82) is 0 Å². The van der Waals surface area contributed by atoms with E-state index in [9.17, 15) is 23.1 Å². The summed E-state index contributed by atoms with van der Waals surface area (Å²) >= 11 is 0. The smallest absolute Gasteiger partial charge is 0.315 e. The molecule has 1 heterocycles. The fourth-order valence-corrected chi connectivity index (χ4v) is 3.01. The third-order valence-corrected chi connectivity index (χ3v) is 5.71. The number of aliphatic carboxylic acids is 1. The second kappa shape index (κ2) is 7.30. The maximum atomic E-state index is 12.2. The van der Waals surface area contributed by atoms with Crippen molar-refractivity contribution in [2.45, 2.75) is 17.4 Å². The Balaban J connectivity index is 2.18. The molecule has 9 heteroatoms. The lowest BCUT2D eigenvalue weighted by Gasteiger charge is -2.25. The van der Waals surface area contributed by atoms with Gasteiger partial charge in [-0.1, -0.05) is 30.3 Å². The van der Waals surface area contributed by atoms with Crippen molar-refractivity contribution in [2.75, 3.05) is 20.6 Å². The lowest BCUT2D eigenvalue weighted by atomic mass is 9.82. The van der Waals surface area contributed by atoms with Crippen molar-refractivity contribution in [3.8, 4) is 0 Å². The molecule has 0 spiro atoms. The minimum Gasteiger partial charge on any atom is -0.481 e. The highest BCUT2D eigenvalue weighted by Gasteiger charge is 2.36. The zero-order valence-electron chi connectivity index (χ0n) is 14.6. The predicted molar refractivity (Wildman–Crippen MR) is 93.3 cm³/mol. The standard InChI is InChI=1S/C17H20N2O6S/c1-17(16(21)22,12-7-5-4-6-8-12)11-18-15(20)13-9-10-14(25-13)26(23,24)19(2)3/h4-10H,11H2,1-3H3,(H,18,20)(H,21,22). The van der Waals surface area contributed by atoms with Crippen molar-refractivity contribution in [3.05, 3.63) is 53.8 Å². The third-order valence-electron chi connectivity index (χ3n) is 4.03. The van der Waals surface area contributed by atoms with Crippen molar-refractivity contribution >= 4 is 21.9 Å². The number of carboxylic acid groups (broad SMARTS) is 1. The number of hydrogen-bond acceptors (Lipinski definition) is 5. The molecule has 0 saturated carbocycles. The summed E-state index contributed by atoms with van der Waals surface area (Å²) in [6.45, 7) is 1.30. The lowest BCUT2D eigenvalue weighted by Crippen LogP contribution is -2.44. The summed E-state index contributed by atoms with van der Waals surface area (Å²) < 4.78 is 30.0. The Morgan fingerprint density at radius 3 is 2.31 bits per heavy atom. The molecule has 0 aliphatic heterocycles. The van der Waals surface area contributed by atoms with E-state index in [2.05, 4.69) is 5.32 Å². The van der Waals surface area contributed by atoms with Gasteiger partial charge < -0.3 is 14.8 Å². The van der Waals surface area contributed by atoms with Crippen molar-refractivity contribution in [3.63, 3.8) is 0 Å². The Morgan fingerprint density at radius 2 is 1.77 bits per heavy atom. The van der Waals surface area contributed by atoms with Crippen LogP contribution in [0.25, 0.3) is 0 Å². The van der Waals surface area contributed by atoms with E-state index in [4.69, 9.17) is 4.42 Å². The van der Waals surface area contributed by atoms with E-state index in [-0.39, 0.29) is 17.4 Å². The second-order valence-electron chi connectivity index (χ2n) is 6.09. The molecule has 2 rings (SSSR count). The second-order valence-corrected chi connectivity index (χ2v) is 8.17. The number of nitrogens with one attached hydrogen (secondary N) is 1. The molecule has 0 aliphatic rings. The fourth-order valence-electron chi connectivity index (χ4n) is 2.21. The molecule has 1 unspecified atom stereocenters. The minimum absolute atomic E-state index is 0.193. The van der Waals surface area contributed by atoms with E-state index in [1.807, 2.05) is 0 Å². The number of rotatable bonds is 7. The van der Waals surface area contributed by atoms with E-state index in [1.165, 1.54) is 33.2 Å². The summed E-state index contributed by atoms with van der Waals surface area (Å²) in [6.07, 6.45) is 0. The highest BCUT2D eigenvalue weighted by atomic mass is 32.2. The van der Waals surface area contributed by atoms with Crippen LogP contribution in [-0.4, -0.2) is 50.3 Å². The lowest BCUT2D eigenvalue weighted by molar-refractivity contribution is -0.142. The van der Waals surface area contributed by atoms with Gasteiger partial charge in [-0.2, -0.15) is 0 Å². The first-order chi connectivity index (χ1) is 12.1. The molecule has 1 amide bonds. The van der Waals surface area contributed by atoms with Crippen molar-refractivity contribution < 1.29 is 27.5 Å². The van der Waals surface area contributed by atoms with Crippen LogP contribution in [0.15, 0.2) is 52.0 Å². The number of sulfonamides is 1. The first-order valence-corrected chi connectivity index (χ1v) is 9.12. The molecule has 0 radical (unpaired) electrons. The highest BCUT2D eigenvalue weighted by Crippen LogP contribution is 2.24. The average molecular weight is 380 g/mol. The molecule has 0 bridgehead atoms. The number of carbonyl (C=O) groups excluding carboxylic acids is 1. The van der Waals surface area contributed by atoms with Gasteiger partial charge in [-0.3, -0.25) is 9.59 Å². The third kappa shape index (κ3) is 3.78. The molecule has 0 saturated heterocycles. The van der Waals surface area contributed by atoms with Gasteiger partial charge in [-0.15, -0.1) is 0 Å². The first kappa shape index (κ1) is 19.7. The molecule has 8 nitrogen and oxygen atoms in total. The van der Waals surface area contributed by atoms with Crippen LogP contribution in [0.3, 0.4) is 0 Å². The first-order valence-electron chi connectivity index (χ1n) is 7.68. The largest absolute Gasteiger partial charge is 0.481 e. The maximum Gasteiger partial charge on any atom is 0.315 e. The van der Waals surface area contributed by atoms with Crippen LogP contribution >= 0.6 is 0 Å². The average Bonchev–Trinajstić information content (AvgIpc) is 3.10. The molecule has 2 aromatic rings. The zero-order chi connectivity index (χ0) is 19.5. The van der Waals surface area contributed by atoms with Gasteiger partial charge in [-0.05, 0) is 24.6 Å². The number of benzene rings is 1. The summed E-state index contributed by atoms with van der Waals surface area (Å²) in [6, 6.07) is 10.9. The van der Waals surface area contributed by atoms with Crippen LogP contribution in [-0.2, 0) is 20.2 Å². The van der Waals surface area contributed by atoms with Gasteiger partial charge in [0.2, 0.25) is 5.09 Å². The van der Waals surface area contributed by atoms with Crippen molar-refractivity contribution in [1.82, 2.24) is 9.62 Å². The van der Waals surface area contributed by atoms with Crippen LogP contribution in [0.5, 0.6) is 0 Å². The molecule has 0 aliphatic carbocycles. The Kier molecular flexibility index (Phi) is 5.53. The Morgan fingerprint density at radius 1 is 1.15 bits per heavy atom. The summed E-state index contributed by atoms with van der Waals surface area (Å²) in [5.74, 6) is -2.01. The van der Waals surface area contributed by atoms with Gasteiger partial charge in [-0.25, -0.2) is 12.7 Å². The molecule has 1 atom stereocenters. The number of furan rings is 1. The van der Waals surface area contributed by atoms with Crippen LogP contribution in [0, 0.1) is 0 Å². The number of carboxylic acids is 1. The molecule has 1 aromatic heterocycles. The molecular formula is C17H20N2O6S. The minimum atomic E-state index is -3.80. The van der Waals surface area contributed by atoms with Gasteiger partial charge in [0.25, 0.3) is 15.9 Å². The Hall–Kier alpha value is -2.65. The molecule has 1 aromatic carbocycles.